The van der Waals surface area contributed by atoms with Crippen molar-refractivity contribution in [1.82, 2.24) is 20.1 Å². The van der Waals surface area contributed by atoms with Gasteiger partial charge in [0.1, 0.15) is 11.4 Å². The summed E-state index contributed by atoms with van der Waals surface area (Å²) >= 11 is 8.02. The van der Waals surface area contributed by atoms with Crippen LogP contribution in [0.5, 0.6) is 5.75 Å². The van der Waals surface area contributed by atoms with Crippen molar-refractivity contribution in [2.45, 2.75) is 13.3 Å². The second-order valence-electron chi connectivity index (χ2n) is 6.54. The van der Waals surface area contributed by atoms with E-state index in [0.29, 0.717) is 34.3 Å². The molecule has 7 nitrogen and oxygen atoms in total. The zero-order chi connectivity index (χ0) is 22.0. The number of benzene rings is 1. The maximum Gasteiger partial charge on any atom is 0.290 e. The van der Waals surface area contributed by atoms with Gasteiger partial charge in [0.15, 0.2) is 5.82 Å². The first-order valence-electron chi connectivity index (χ1n) is 9.34. The summed E-state index contributed by atoms with van der Waals surface area (Å²) in [6, 6.07) is 9.35. The normalized spacial score (nSPS) is 14.9. The Morgan fingerprint density at radius 2 is 2.00 bits per heavy atom. The fraction of sp³-hybridized carbons (Fsp3) is 0.143. The fourth-order valence-corrected chi connectivity index (χ4v) is 5.01. The first-order valence-corrected chi connectivity index (χ1v) is 11.7. The van der Waals surface area contributed by atoms with Gasteiger partial charge in [-0.2, -0.15) is 5.10 Å². The molecule has 1 aliphatic rings. The van der Waals surface area contributed by atoms with Gasteiger partial charge in [0.25, 0.3) is 11.1 Å². The van der Waals surface area contributed by atoms with Crippen molar-refractivity contribution < 1.29 is 14.3 Å². The van der Waals surface area contributed by atoms with E-state index in [4.69, 9.17) is 9.84 Å². The van der Waals surface area contributed by atoms with Gasteiger partial charge in [-0.3, -0.25) is 14.9 Å². The Hall–Kier alpha value is -2.43. The average molecular weight is 564 g/mol. The Kier molecular flexibility index (Phi) is 6.59. The Morgan fingerprint density at radius 3 is 2.61 bits per heavy atom. The number of amides is 2. The molecule has 0 unspecified atom stereocenters. The molecule has 3 aromatic rings. The molecule has 0 atom stereocenters. The molecule has 1 aromatic carbocycles. The van der Waals surface area contributed by atoms with E-state index in [9.17, 15) is 9.59 Å². The van der Waals surface area contributed by atoms with Crippen LogP contribution in [0.15, 0.2) is 56.6 Å². The van der Waals surface area contributed by atoms with Crippen LogP contribution in [0.25, 0.3) is 23.2 Å². The minimum atomic E-state index is -0.419. The number of imide groups is 1. The Morgan fingerprint density at radius 1 is 1.23 bits per heavy atom. The summed E-state index contributed by atoms with van der Waals surface area (Å²) in [7, 11) is 0. The van der Waals surface area contributed by atoms with Gasteiger partial charge >= 0.3 is 0 Å². The van der Waals surface area contributed by atoms with Gasteiger partial charge in [-0.1, -0.05) is 13.0 Å². The molecule has 1 fully saturated rings. The second-order valence-corrected chi connectivity index (χ2v) is 9.26. The average Bonchev–Trinajstić information content (AvgIpc) is 3.31. The number of pyridine rings is 1. The Bertz CT molecular complexity index is 1170. The van der Waals surface area contributed by atoms with E-state index < -0.39 is 11.1 Å². The van der Waals surface area contributed by atoms with Gasteiger partial charge in [-0.25, -0.2) is 9.67 Å². The highest BCUT2D eigenvalue weighted by molar-refractivity contribution is 9.11. The van der Waals surface area contributed by atoms with Gasteiger partial charge in [-0.05, 0) is 80.4 Å². The van der Waals surface area contributed by atoms with Crippen LogP contribution in [0.4, 0.5) is 4.79 Å². The molecule has 0 bridgehead atoms. The second kappa shape index (κ2) is 9.37. The van der Waals surface area contributed by atoms with Crippen molar-refractivity contribution in [2.24, 2.45) is 0 Å². The SMILES string of the molecule is CCCOc1c(Br)cc(-c2nn(-c3ccccn3)cc2C=C2SC(=O)NC2=O)cc1Br. The van der Waals surface area contributed by atoms with Crippen LogP contribution in [0.2, 0.25) is 0 Å². The van der Waals surface area contributed by atoms with Gasteiger partial charge in [0, 0.05) is 23.5 Å². The van der Waals surface area contributed by atoms with Crippen molar-refractivity contribution in [1.29, 1.82) is 0 Å². The van der Waals surface area contributed by atoms with E-state index in [0.717, 1.165) is 32.7 Å². The summed E-state index contributed by atoms with van der Waals surface area (Å²) < 4.78 is 9.01. The summed E-state index contributed by atoms with van der Waals surface area (Å²) in [4.78, 5) is 28.3. The summed E-state index contributed by atoms with van der Waals surface area (Å²) in [6.45, 7) is 2.64. The number of aromatic nitrogens is 3. The molecule has 0 spiro atoms. The fourth-order valence-electron chi connectivity index (χ4n) is 2.92. The van der Waals surface area contributed by atoms with E-state index in [-0.39, 0.29) is 0 Å². The van der Waals surface area contributed by atoms with Gasteiger partial charge in [-0.15, -0.1) is 0 Å². The molecule has 1 saturated heterocycles. The largest absolute Gasteiger partial charge is 0.491 e. The molecule has 10 heteroatoms. The number of ether oxygens (including phenoxy) is 1. The molecule has 158 valence electrons. The smallest absolute Gasteiger partial charge is 0.290 e. The van der Waals surface area contributed by atoms with Crippen LogP contribution in [-0.2, 0) is 4.79 Å². The van der Waals surface area contributed by atoms with Crippen LogP contribution in [0, 0.1) is 0 Å². The predicted octanol–water partition coefficient (Wildman–Crippen LogP) is 5.57. The molecular weight excluding hydrogens is 548 g/mol. The maximum absolute atomic E-state index is 12.1. The standard InChI is InChI=1S/C21H16Br2N4O3S/c1-2-7-30-19-14(22)8-12(9-15(19)23)18-13(10-16-20(28)25-21(29)31-16)11-27(26-18)17-5-3-4-6-24-17/h3-6,8-11H,2,7H2,1H3,(H,25,28,29). The highest BCUT2D eigenvalue weighted by Crippen LogP contribution is 2.39. The zero-order valence-corrected chi connectivity index (χ0v) is 20.3. The first-order chi connectivity index (χ1) is 15.0. The van der Waals surface area contributed by atoms with Crippen molar-refractivity contribution in [3.63, 3.8) is 0 Å². The molecule has 2 aromatic heterocycles. The number of hydrogen-bond acceptors (Lipinski definition) is 6. The molecule has 3 heterocycles. The van der Waals surface area contributed by atoms with E-state index >= 15 is 0 Å². The number of nitrogens with one attached hydrogen (secondary N) is 1. The quantitative estimate of drug-likeness (QED) is 0.394. The summed E-state index contributed by atoms with van der Waals surface area (Å²) in [5.74, 6) is 0.928. The van der Waals surface area contributed by atoms with Gasteiger partial charge < -0.3 is 4.74 Å². The summed E-state index contributed by atoms with van der Waals surface area (Å²) in [5, 5.41) is 6.60. The van der Waals surface area contributed by atoms with Gasteiger partial charge in [0.2, 0.25) is 0 Å². The van der Waals surface area contributed by atoms with Crippen molar-refractivity contribution in [3.05, 3.63) is 62.1 Å². The number of carbonyl (C=O) groups is 2. The molecule has 2 amide bonds. The number of rotatable bonds is 6. The number of nitrogens with zero attached hydrogens (tertiary/aromatic N) is 3. The number of thioether (sulfide) groups is 1. The highest BCUT2D eigenvalue weighted by Gasteiger charge is 2.26. The molecule has 0 radical (unpaired) electrons. The predicted molar refractivity (Wildman–Crippen MR) is 127 cm³/mol. The summed E-state index contributed by atoms with van der Waals surface area (Å²) in [5.41, 5.74) is 2.12. The summed E-state index contributed by atoms with van der Waals surface area (Å²) in [6.07, 6.45) is 6.02. The van der Waals surface area contributed by atoms with Crippen LogP contribution in [0.3, 0.4) is 0 Å². The van der Waals surface area contributed by atoms with Crippen LogP contribution in [0.1, 0.15) is 18.9 Å². The number of hydrogen-bond donors (Lipinski definition) is 1. The minimum Gasteiger partial charge on any atom is -0.491 e. The van der Waals surface area contributed by atoms with Crippen LogP contribution in [-0.4, -0.2) is 32.5 Å². The lowest BCUT2D eigenvalue weighted by atomic mass is 10.1. The van der Waals surface area contributed by atoms with Gasteiger partial charge in [0.05, 0.1) is 20.5 Å². The lowest BCUT2D eigenvalue weighted by Crippen LogP contribution is -2.17. The third kappa shape index (κ3) is 4.76. The third-order valence-electron chi connectivity index (χ3n) is 4.28. The lowest BCUT2D eigenvalue weighted by Gasteiger charge is -2.11. The molecular formula is C21H16Br2N4O3S. The Labute approximate surface area is 199 Å². The van der Waals surface area contributed by atoms with Crippen LogP contribution >= 0.6 is 43.6 Å². The van der Waals surface area contributed by atoms with Crippen molar-refractivity contribution >= 4 is 60.8 Å². The van der Waals surface area contributed by atoms with Crippen LogP contribution < -0.4 is 10.1 Å². The molecule has 1 N–H and O–H groups in total. The van der Waals surface area contributed by atoms with E-state index in [1.54, 1.807) is 23.2 Å². The minimum absolute atomic E-state index is 0.313. The Balaban J connectivity index is 1.83. The monoisotopic (exact) mass is 562 g/mol. The molecule has 4 rings (SSSR count). The lowest BCUT2D eigenvalue weighted by molar-refractivity contribution is -0.115. The number of halogens is 2. The first kappa shape index (κ1) is 21.8. The number of carbonyl (C=O) groups excluding carboxylic acids is 2. The van der Waals surface area contributed by atoms with Crippen molar-refractivity contribution in [2.75, 3.05) is 6.61 Å². The maximum atomic E-state index is 12.1. The topological polar surface area (TPSA) is 86.1 Å². The third-order valence-corrected chi connectivity index (χ3v) is 6.27. The van der Waals surface area contributed by atoms with Crippen molar-refractivity contribution in [3.8, 4) is 22.8 Å². The van der Waals surface area contributed by atoms with E-state index in [2.05, 4.69) is 42.2 Å². The van der Waals surface area contributed by atoms with E-state index in [1.807, 2.05) is 37.3 Å². The molecule has 0 saturated carbocycles. The molecule has 1 aliphatic heterocycles. The molecule has 0 aliphatic carbocycles. The zero-order valence-electron chi connectivity index (χ0n) is 16.3. The van der Waals surface area contributed by atoms with E-state index in [1.165, 1.54) is 0 Å². The molecule has 31 heavy (non-hydrogen) atoms. The highest BCUT2D eigenvalue weighted by atomic mass is 79.9.